The molecular weight excluding hydrogens is 272 g/mol. The molecule has 1 aliphatic rings. The third-order valence-corrected chi connectivity index (χ3v) is 4.12. The molecule has 20 heavy (non-hydrogen) atoms. The number of nitrogens with zero attached hydrogens (tertiary/aromatic N) is 1. The molecule has 0 radical (unpaired) electrons. The first-order chi connectivity index (χ1) is 9.10. The standard InChI is InChI=1S/C16H26N2O.ClH/c1-12-6-7-16(19-3)15(9-12)11-18-8-4-5-14(10-18)13(2)17;/h6-7,9,13-14H,4-5,8,10-11,17H2,1-3H3;1H. The minimum absolute atomic E-state index is 0. The second kappa shape index (κ2) is 7.87. The van der Waals surface area contributed by atoms with Crippen LogP contribution in [0.4, 0.5) is 0 Å². The summed E-state index contributed by atoms with van der Waals surface area (Å²) in [5.41, 5.74) is 8.63. The molecule has 1 aromatic carbocycles. The SMILES string of the molecule is COc1ccc(C)cc1CN1CCCC(C(C)N)C1.Cl. The number of hydrogen-bond donors (Lipinski definition) is 1. The van der Waals surface area contributed by atoms with E-state index >= 15 is 0 Å². The van der Waals surface area contributed by atoms with Crippen molar-refractivity contribution >= 4 is 12.4 Å². The molecule has 2 N–H and O–H groups in total. The molecule has 0 saturated carbocycles. The molecule has 1 aromatic rings. The Labute approximate surface area is 128 Å². The van der Waals surface area contributed by atoms with Crippen LogP contribution in [0.2, 0.25) is 0 Å². The van der Waals surface area contributed by atoms with Gasteiger partial charge in [-0.15, -0.1) is 12.4 Å². The van der Waals surface area contributed by atoms with Gasteiger partial charge in [0, 0.05) is 24.7 Å². The summed E-state index contributed by atoms with van der Waals surface area (Å²) in [7, 11) is 1.75. The molecule has 3 nitrogen and oxygen atoms in total. The van der Waals surface area contributed by atoms with Crippen LogP contribution in [-0.4, -0.2) is 31.1 Å². The van der Waals surface area contributed by atoms with Crippen molar-refractivity contribution in [3.05, 3.63) is 29.3 Å². The number of nitrogens with two attached hydrogens (primary N) is 1. The highest BCUT2D eigenvalue weighted by atomic mass is 35.5. The summed E-state index contributed by atoms with van der Waals surface area (Å²) in [5, 5.41) is 0. The zero-order chi connectivity index (χ0) is 13.8. The number of ether oxygens (including phenoxy) is 1. The molecule has 0 amide bonds. The summed E-state index contributed by atoms with van der Waals surface area (Å²) in [6.07, 6.45) is 2.51. The normalized spacial score (nSPS) is 21.1. The number of likely N-dealkylation sites (tertiary alicyclic amines) is 1. The van der Waals surface area contributed by atoms with Crippen LogP contribution in [0.15, 0.2) is 18.2 Å². The van der Waals surface area contributed by atoms with Gasteiger partial charge in [0.2, 0.25) is 0 Å². The highest BCUT2D eigenvalue weighted by molar-refractivity contribution is 5.85. The van der Waals surface area contributed by atoms with Crippen LogP contribution in [0.3, 0.4) is 0 Å². The Balaban J connectivity index is 0.00000200. The van der Waals surface area contributed by atoms with Gasteiger partial charge >= 0.3 is 0 Å². The van der Waals surface area contributed by atoms with Crippen molar-refractivity contribution in [1.82, 2.24) is 4.90 Å². The van der Waals surface area contributed by atoms with Crippen molar-refractivity contribution in [3.63, 3.8) is 0 Å². The van der Waals surface area contributed by atoms with Gasteiger partial charge in [-0.25, -0.2) is 0 Å². The summed E-state index contributed by atoms with van der Waals surface area (Å²) in [5.74, 6) is 1.62. The lowest BCUT2D eigenvalue weighted by atomic mass is 9.92. The Morgan fingerprint density at radius 3 is 2.85 bits per heavy atom. The smallest absolute Gasteiger partial charge is 0.123 e. The predicted molar refractivity (Wildman–Crippen MR) is 86.6 cm³/mol. The largest absolute Gasteiger partial charge is 0.496 e. The number of rotatable bonds is 4. The maximum absolute atomic E-state index is 6.05. The molecule has 4 heteroatoms. The third-order valence-electron chi connectivity index (χ3n) is 4.12. The first kappa shape index (κ1) is 17.3. The quantitative estimate of drug-likeness (QED) is 0.929. The zero-order valence-corrected chi connectivity index (χ0v) is 13.6. The number of benzene rings is 1. The molecule has 0 aliphatic carbocycles. The van der Waals surface area contributed by atoms with E-state index < -0.39 is 0 Å². The summed E-state index contributed by atoms with van der Waals surface area (Å²) in [6, 6.07) is 6.69. The van der Waals surface area contributed by atoms with Gasteiger partial charge < -0.3 is 10.5 Å². The summed E-state index contributed by atoms with van der Waals surface area (Å²) in [6.45, 7) is 7.49. The van der Waals surface area contributed by atoms with Crippen molar-refractivity contribution < 1.29 is 4.74 Å². The van der Waals surface area contributed by atoms with E-state index in [1.54, 1.807) is 7.11 Å². The lowest BCUT2D eigenvalue weighted by Crippen LogP contribution is -2.41. The van der Waals surface area contributed by atoms with Crippen LogP contribution in [-0.2, 0) is 6.54 Å². The highest BCUT2D eigenvalue weighted by Crippen LogP contribution is 2.25. The summed E-state index contributed by atoms with van der Waals surface area (Å²) >= 11 is 0. The van der Waals surface area contributed by atoms with Gasteiger partial charge in [-0.1, -0.05) is 17.7 Å². The number of aryl methyl sites for hydroxylation is 1. The van der Waals surface area contributed by atoms with Crippen molar-refractivity contribution in [3.8, 4) is 5.75 Å². The van der Waals surface area contributed by atoms with E-state index in [2.05, 4.69) is 36.9 Å². The van der Waals surface area contributed by atoms with Gasteiger partial charge in [0.15, 0.2) is 0 Å². The minimum atomic E-state index is 0. The van der Waals surface area contributed by atoms with Crippen LogP contribution < -0.4 is 10.5 Å². The van der Waals surface area contributed by atoms with Gasteiger partial charge in [0.1, 0.15) is 5.75 Å². The van der Waals surface area contributed by atoms with Crippen LogP contribution in [0.25, 0.3) is 0 Å². The Bertz CT molecular complexity index is 423. The molecule has 1 aliphatic heterocycles. The van der Waals surface area contributed by atoms with Crippen molar-refractivity contribution in [2.24, 2.45) is 11.7 Å². The summed E-state index contributed by atoms with van der Waals surface area (Å²) < 4.78 is 5.46. The number of hydrogen-bond acceptors (Lipinski definition) is 3. The van der Waals surface area contributed by atoms with E-state index in [9.17, 15) is 0 Å². The first-order valence-corrected chi connectivity index (χ1v) is 7.21. The molecule has 2 unspecified atom stereocenters. The topological polar surface area (TPSA) is 38.5 Å². The molecule has 0 aromatic heterocycles. The average Bonchev–Trinajstić information content (AvgIpc) is 2.39. The molecule has 114 valence electrons. The Morgan fingerprint density at radius 1 is 1.45 bits per heavy atom. The second-order valence-electron chi connectivity index (χ2n) is 5.81. The van der Waals surface area contributed by atoms with Crippen LogP contribution >= 0.6 is 12.4 Å². The average molecular weight is 299 g/mol. The molecule has 1 fully saturated rings. The van der Waals surface area contributed by atoms with Gasteiger partial charge in [0.25, 0.3) is 0 Å². The maximum atomic E-state index is 6.05. The van der Waals surface area contributed by atoms with Gasteiger partial charge in [-0.05, 0) is 45.2 Å². The van der Waals surface area contributed by atoms with Crippen molar-refractivity contribution in [2.45, 2.75) is 39.3 Å². The number of methoxy groups -OCH3 is 1. The van der Waals surface area contributed by atoms with E-state index in [1.165, 1.54) is 30.5 Å². The van der Waals surface area contributed by atoms with E-state index in [-0.39, 0.29) is 12.4 Å². The van der Waals surface area contributed by atoms with Crippen molar-refractivity contribution in [2.75, 3.05) is 20.2 Å². The molecule has 0 spiro atoms. The predicted octanol–water partition coefficient (Wildman–Crippen LogP) is 2.98. The number of halogens is 1. The fraction of sp³-hybridized carbons (Fsp3) is 0.625. The first-order valence-electron chi connectivity index (χ1n) is 7.21. The fourth-order valence-corrected chi connectivity index (χ4v) is 2.94. The molecular formula is C16H27ClN2O. The monoisotopic (exact) mass is 298 g/mol. The van der Waals surface area contributed by atoms with Crippen molar-refractivity contribution in [1.29, 1.82) is 0 Å². The molecule has 2 rings (SSSR count). The lowest BCUT2D eigenvalue weighted by Gasteiger charge is -2.34. The third kappa shape index (κ3) is 4.37. The lowest BCUT2D eigenvalue weighted by molar-refractivity contribution is 0.153. The van der Waals surface area contributed by atoms with Crippen LogP contribution in [0, 0.1) is 12.8 Å². The molecule has 1 heterocycles. The molecule has 0 bridgehead atoms. The Kier molecular flexibility index (Phi) is 6.80. The van der Waals surface area contributed by atoms with Gasteiger partial charge in [-0.2, -0.15) is 0 Å². The molecule has 2 atom stereocenters. The van der Waals surface area contributed by atoms with E-state index in [0.717, 1.165) is 18.8 Å². The van der Waals surface area contributed by atoms with Crippen LogP contribution in [0.5, 0.6) is 5.75 Å². The Hall–Kier alpha value is -0.770. The summed E-state index contributed by atoms with van der Waals surface area (Å²) in [4.78, 5) is 2.51. The van der Waals surface area contributed by atoms with Gasteiger partial charge in [0.05, 0.1) is 7.11 Å². The Morgan fingerprint density at radius 2 is 2.20 bits per heavy atom. The molecule has 1 saturated heterocycles. The fourth-order valence-electron chi connectivity index (χ4n) is 2.94. The number of piperidine rings is 1. The zero-order valence-electron chi connectivity index (χ0n) is 12.8. The van der Waals surface area contributed by atoms with E-state index in [4.69, 9.17) is 10.5 Å². The van der Waals surface area contributed by atoms with Gasteiger partial charge in [-0.3, -0.25) is 4.90 Å². The van der Waals surface area contributed by atoms with Crippen LogP contribution in [0.1, 0.15) is 30.9 Å². The second-order valence-corrected chi connectivity index (χ2v) is 5.81. The van der Waals surface area contributed by atoms with E-state index in [1.807, 2.05) is 0 Å². The highest BCUT2D eigenvalue weighted by Gasteiger charge is 2.23. The maximum Gasteiger partial charge on any atom is 0.123 e. The van der Waals surface area contributed by atoms with E-state index in [0.29, 0.717) is 12.0 Å². The minimum Gasteiger partial charge on any atom is -0.496 e.